The second-order valence-electron chi connectivity index (χ2n) is 8.03. The highest BCUT2D eigenvalue weighted by atomic mass is 35.5. The van der Waals surface area contributed by atoms with Crippen molar-refractivity contribution in [2.24, 2.45) is 23.7 Å². The predicted molar refractivity (Wildman–Crippen MR) is 105 cm³/mol. The fourth-order valence-corrected chi connectivity index (χ4v) is 4.63. The highest BCUT2D eigenvalue weighted by Gasteiger charge is 2.55. The first-order chi connectivity index (χ1) is 12.5. The highest BCUT2D eigenvalue weighted by molar-refractivity contribution is 6.35. The summed E-state index contributed by atoms with van der Waals surface area (Å²) in [6.45, 7) is 8.76. The van der Waals surface area contributed by atoms with Crippen LogP contribution in [-0.4, -0.2) is 42.0 Å². The Morgan fingerprint density at radius 3 is 2.85 bits per heavy atom. The molecule has 1 saturated heterocycles. The van der Waals surface area contributed by atoms with Crippen molar-refractivity contribution in [2.75, 3.05) is 31.9 Å². The molecule has 1 aliphatic heterocycles. The van der Waals surface area contributed by atoms with Gasteiger partial charge in [0.15, 0.2) is 0 Å². The monoisotopic (exact) mass is 372 g/mol. The predicted octanol–water partition coefficient (Wildman–Crippen LogP) is 3.03. The van der Waals surface area contributed by atoms with Crippen molar-refractivity contribution in [1.82, 2.24) is 15.2 Å². The summed E-state index contributed by atoms with van der Waals surface area (Å²) >= 11 is 6.21. The van der Waals surface area contributed by atoms with Crippen molar-refractivity contribution in [3.05, 3.63) is 35.0 Å². The van der Waals surface area contributed by atoms with Crippen LogP contribution in [0.3, 0.4) is 0 Å². The maximum Gasteiger partial charge on any atom is 0.253 e. The zero-order chi connectivity index (χ0) is 18.4. The van der Waals surface area contributed by atoms with Gasteiger partial charge in [-0.2, -0.15) is 0 Å². The van der Waals surface area contributed by atoms with E-state index in [4.69, 9.17) is 17.3 Å². The molecule has 2 unspecified atom stereocenters. The summed E-state index contributed by atoms with van der Waals surface area (Å²) in [5.41, 5.74) is 7.58. The Balaban J connectivity index is 1.40. The maximum absolute atomic E-state index is 12.7. The molecule has 0 radical (unpaired) electrons. The van der Waals surface area contributed by atoms with E-state index in [2.05, 4.69) is 29.0 Å². The molecular formula is C20H25ClN4O. The molecule has 3 N–H and O–H groups in total. The molecule has 2 atom stereocenters. The minimum Gasteiger partial charge on any atom is -0.397 e. The van der Waals surface area contributed by atoms with Gasteiger partial charge in [0.25, 0.3) is 5.91 Å². The smallest absolute Gasteiger partial charge is 0.253 e. The summed E-state index contributed by atoms with van der Waals surface area (Å²) in [5, 5.41) is 4.20. The number of nitrogen functional groups attached to an aromatic ring is 1. The number of halogens is 1. The van der Waals surface area contributed by atoms with E-state index in [1.54, 1.807) is 18.3 Å². The van der Waals surface area contributed by atoms with Gasteiger partial charge in [-0.25, -0.2) is 0 Å². The molecule has 2 heterocycles. The zero-order valence-electron chi connectivity index (χ0n) is 15.2. The molecule has 0 spiro atoms. The quantitative estimate of drug-likeness (QED) is 0.791. The Morgan fingerprint density at radius 2 is 2.15 bits per heavy atom. The normalized spacial score (nSPS) is 24.8. The van der Waals surface area contributed by atoms with Crippen LogP contribution in [0, 0.1) is 23.7 Å². The lowest BCUT2D eigenvalue weighted by molar-refractivity contribution is 0.0950. The van der Waals surface area contributed by atoms with Gasteiger partial charge in [0.1, 0.15) is 0 Å². The maximum atomic E-state index is 12.7. The lowest BCUT2D eigenvalue weighted by atomic mass is 10.1. The Kier molecular flexibility index (Phi) is 4.53. The van der Waals surface area contributed by atoms with Crippen LogP contribution >= 0.6 is 11.6 Å². The van der Waals surface area contributed by atoms with Crippen LogP contribution in [0.5, 0.6) is 0 Å². The van der Waals surface area contributed by atoms with Crippen molar-refractivity contribution >= 4 is 34.1 Å². The van der Waals surface area contributed by atoms with Crippen molar-refractivity contribution in [1.29, 1.82) is 0 Å². The van der Waals surface area contributed by atoms with Crippen molar-refractivity contribution < 1.29 is 4.79 Å². The number of fused-ring (bicyclic) bond motifs is 2. The highest BCUT2D eigenvalue weighted by Crippen LogP contribution is 2.51. The van der Waals surface area contributed by atoms with E-state index in [0.717, 1.165) is 23.8 Å². The van der Waals surface area contributed by atoms with Crippen LogP contribution in [0.4, 0.5) is 5.69 Å². The summed E-state index contributed by atoms with van der Waals surface area (Å²) in [6, 6.07) is 5.26. The second kappa shape index (κ2) is 6.71. The number of aromatic nitrogens is 1. The van der Waals surface area contributed by atoms with E-state index >= 15 is 0 Å². The SMILES string of the molecule is CC(C)CN1CC2C(CNC(=O)c3cc(Cl)c(N)c4cccnc34)C2C1. The average molecular weight is 373 g/mol. The van der Waals surface area contributed by atoms with Gasteiger partial charge in [-0.15, -0.1) is 0 Å². The van der Waals surface area contributed by atoms with E-state index in [-0.39, 0.29) is 5.91 Å². The van der Waals surface area contributed by atoms with Crippen molar-refractivity contribution in [2.45, 2.75) is 13.8 Å². The Bertz CT molecular complexity index is 841. The van der Waals surface area contributed by atoms with Gasteiger partial charge in [-0.05, 0) is 41.9 Å². The van der Waals surface area contributed by atoms with Gasteiger partial charge in [-0.3, -0.25) is 9.78 Å². The van der Waals surface area contributed by atoms with Gasteiger partial charge in [0.2, 0.25) is 0 Å². The number of pyridine rings is 1. The molecule has 1 aliphatic carbocycles. The summed E-state index contributed by atoms with van der Waals surface area (Å²) in [5.74, 6) is 2.66. The minimum atomic E-state index is -0.125. The third-order valence-electron chi connectivity index (χ3n) is 5.69. The topological polar surface area (TPSA) is 71.2 Å². The summed E-state index contributed by atoms with van der Waals surface area (Å²) in [7, 11) is 0. The fraction of sp³-hybridized carbons (Fsp3) is 0.500. The number of carbonyl (C=O) groups is 1. The number of likely N-dealkylation sites (tertiary alicyclic amines) is 1. The molecule has 5 nitrogen and oxygen atoms in total. The third kappa shape index (κ3) is 3.14. The number of nitrogens with zero attached hydrogens (tertiary/aromatic N) is 2. The lowest BCUT2D eigenvalue weighted by Gasteiger charge is -2.21. The van der Waals surface area contributed by atoms with E-state index in [9.17, 15) is 4.79 Å². The molecule has 1 saturated carbocycles. The number of rotatable bonds is 5. The number of nitrogens with one attached hydrogen (secondary N) is 1. The second-order valence-corrected chi connectivity index (χ2v) is 8.44. The number of benzene rings is 1. The Labute approximate surface area is 158 Å². The first kappa shape index (κ1) is 17.6. The van der Waals surface area contributed by atoms with E-state index in [1.165, 1.54) is 19.6 Å². The number of hydrogen-bond donors (Lipinski definition) is 2. The minimum absolute atomic E-state index is 0.125. The molecule has 1 amide bonds. The summed E-state index contributed by atoms with van der Waals surface area (Å²) < 4.78 is 0. The van der Waals surface area contributed by atoms with Crippen LogP contribution in [-0.2, 0) is 0 Å². The number of hydrogen-bond acceptors (Lipinski definition) is 4. The number of piperidine rings is 1. The largest absolute Gasteiger partial charge is 0.397 e. The summed E-state index contributed by atoms with van der Waals surface area (Å²) in [6.07, 6.45) is 1.67. The molecule has 6 heteroatoms. The average Bonchev–Trinajstić information content (AvgIpc) is 3.07. The van der Waals surface area contributed by atoms with Gasteiger partial charge in [-0.1, -0.05) is 25.4 Å². The van der Waals surface area contributed by atoms with Crippen LogP contribution < -0.4 is 11.1 Å². The first-order valence-electron chi connectivity index (χ1n) is 9.29. The molecule has 138 valence electrons. The van der Waals surface area contributed by atoms with Crippen LogP contribution in [0.15, 0.2) is 24.4 Å². The molecule has 1 aromatic heterocycles. The fourth-order valence-electron chi connectivity index (χ4n) is 4.42. The van der Waals surface area contributed by atoms with Crippen LogP contribution in [0.1, 0.15) is 24.2 Å². The summed E-state index contributed by atoms with van der Waals surface area (Å²) in [4.78, 5) is 19.6. The molecule has 26 heavy (non-hydrogen) atoms. The van der Waals surface area contributed by atoms with Crippen molar-refractivity contribution in [3.8, 4) is 0 Å². The lowest BCUT2D eigenvalue weighted by Crippen LogP contribution is -2.32. The molecule has 2 aromatic rings. The van der Waals surface area contributed by atoms with Crippen LogP contribution in [0.2, 0.25) is 5.02 Å². The van der Waals surface area contributed by atoms with E-state index < -0.39 is 0 Å². The number of anilines is 1. The Morgan fingerprint density at radius 1 is 1.42 bits per heavy atom. The van der Waals surface area contributed by atoms with Gasteiger partial charge in [0, 0.05) is 37.8 Å². The molecular weight excluding hydrogens is 348 g/mol. The number of amides is 1. The number of carbonyl (C=O) groups excluding carboxylic acids is 1. The van der Waals surface area contributed by atoms with Gasteiger partial charge < -0.3 is 16.0 Å². The molecule has 2 aliphatic rings. The standard InChI is InChI=1S/C20H25ClN4O/c1-11(2)8-25-9-15-14(16(15)10-25)7-24-20(26)13-6-17(21)18(22)12-4-3-5-23-19(12)13/h3-6,11,14-16H,7-10,22H2,1-2H3,(H,24,26). The van der Waals surface area contributed by atoms with Crippen LogP contribution in [0.25, 0.3) is 10.9 Å². The van der Waals surface area contributed by atoms with Crippen molar-refractivity contribution in [3.63, 3.8) is 0 Å². The zero-order valence-corrected chi connectivity index (χ0v) is 16.0. The van der Waals surface area contributed by atoms with Gasteiger partial charge >= 0.3 is 0 Å². The molecule has 2 fully saturated rings. The third-order valence-corrected chi connectivity index (χ3v) is 6.01. The van der Waals surface area contributed by atoms with Gasteiger partial charge in [0.05, 0.1) is 21.8 Å². The molecule has 4 rings (SSSR count). The first-order valence-corrected chi connectivity index (χ1v) is 9.66. The number of nitrogens with two attached hydrogens (primary N) is 1. The van der Waals surface area contributed by atoms with E-state index in [1.807, 2.05) is 6.07 Å². The molecule has 0 bridgehead atoms. The Hall–Kier alpha value is -1.85. The van der Waals surface area contributed by atoms with E-state index in [0.29, 0.717) is 33.6 Å². The molecule has 1 aromatic carbocycles.